The van der Waals surface area contributed by atoms with Crippen LogP contribution in [-0.2, 0) is 0 Å². The van der Waals surface area contributed by atoms with Crippen LogP contribution in [0.1, 0.15) is 16.1 Å². The molecule has 0 saturated carbocycles. The zero-order valence-corrected chi connectivity index (χ0v) is 11.8. The van der Waals surface area contributed by atoms with E-state index >= 15 is 0 Å². The third-order valence-electron chi connectivity index (χ3n) is 2.10. The molecule has 0 aliphatic rings. The molecule has 5 heteroatoms. The maximum Gasteiger partial charge on any atom is 0.152 e. The summed E-state index contributed by atoms with van der Waals surface area (Å²) in [6.45, 7) is 6.53. The normalized spacial score (nSPS) is 11.0. The first-order chi connectivity index (χ1) is 8.01. The molecule has 0 amide bonds. The van der Waals surface area contributed by atoms with Crippen molar-refractivity contribution in [2.24, 2.45) is 0 Å². The first kappa shape index (κ1) is 12.0. The summed E-state index contributed by atoms with van der Waals surface area (Å²) >= 11 is 1.34. The standard InChI is InChI=1S/C12H12N2OSSi/c1-17(2,3)5-4-10-12-9(8-15)6-13-7-11(12)16-14-10/h6-8H,1-3H3. The number of carbonyl (C=O) groups is 1. The van der Waals surface area contributed by atoms with E-state index in [9.17, 15) is 4.79 Å². The van der Waals surface area contributed by atoms with Crippen molar-refractivity contribution in [3.8, 4) is 11.5 Å². The van der Waals surface area contributed by atoms with Gasteiger partial charge in [-0.05, 0) is 11.5 Å². The van der Waals surface area contributed by atoms with E-state index in [4.69, 9.17) is 0 Å². The van der Waals surface area contributed by atoms with E-state index < -0.39 is 8.07 Å². The number of nitrogens with zero attached hydrogens (tertiary/aromatic N) is 2. The molecule has 17 heavy (non-hydrogen) atoms. The fourth-order valence-corrected chi connectivity index (χ4v) is 2.57. The highest BCUT2D eigenvalue weighted by Crippen LogP contribution is 2.23. The lowest BCUT2D eigenvalue weighted by molar-refractivity contribution is 0.112. The Morgan fingerprint density at radius 3 is 2.76 bits per heavy atom. The average molecular weight is 260 g/mol. The highest BCUT2D eigenvalue weighted by atomic mass is 32.1. The summed E-state index contributed by atoms with van der Waals surface area (Å²) in [5, 5.41) is 0.839. The number of aromatic nitrogens is 2. The molecule has 86 valence electrons. The highest BCUT2D eigenvalue weighted by Gasteiger charge is 2.11. The maximum absolute atomic E-state index is 11.0. The Bertz CT molecular complexity index is 631. The van der Waals surface area contributed by atoms with Crippen LogP contribution in [-0.4, -0.2) is 23.7 Å². The van der Waals surface area contributed by atoms with Gasteiger partial charge in [0.25, 0.3) is 0 Å². The van der Waals surface area contributed by atoms with Crippen LogP contribution >= 0.6 is 11.5 Å². The van der Waals surface area contributed by atoms with Crippen LogP contribution in [0.4, 0.5) is 0 Å². The molecule has 3 nitrogen and oxygen atoms in total. The molecule has 0 atom stereocenters. The van der Waals surface area contributed by atoms with Crippen molar-refractivity contribution >= 4 is 36.0 Å². The summed E-state index contributed by atoms with van der Waals surface area (Å²) in [6.07, 6.45) is 4.09. The molecule has 0 bridgehead atoms. The predicted octanol–water partition coefficient (Wildman–Crippen LogP) is 2.73. The molecule has 0 aromatic carbocycles. The molecular weight excluding hydrogens is 248 g/mol. The van der Waals surface area contributed by atoms with Crippen molar-refractivity contribution in [3.63, 3.8) is 0 Å². The quantitative estimate of drug-likeness (QED) is 0.450. The molecule has 0 fully saturated rings. The topological polar surface area (TPSA) is 42.9 Å². The van der Waals surface area contributed by atoms with Crippen LogP contribution in [0, 0.1) is 11.5 Å². The van der Waals surface area contributed by atoms with E-state index in [0.29, 0.717) is 11.3 Å². The SMILES string of the molecule is C[Si](C)(C)C#Cc1nsc2cncc(C=O)c12. The predicted molar refractivity (Wildman–Crippen MR) is 73.0 cm³/mol. The van der Waals surface area contributed by atoms with Gasteiger partial charge >= 0.3 is 0 Å². The number of aldehydes is 1. The van der Waals surface area contributed by atoms with Crippen LogP contribution < -0.4 is 0 Å². The number of hydrogen-bond acceptors (Lipinski definition) is 4. The molecule has 2 aromatic heterocycles. The monoisotopic (exact) mass is 260 g/mol. The van der Waals surface area contributed by atoms with Gasteiger partial charge in [-0.3, -0.25) is 9.78 Å². The first-order valence-electron chi connectivity index (χ1n) is 5.23. The molecule has 0 aliphatic carbocycles. The minimum absolute atomic E-state index is 0.566. The Labute approximate surface area is 105 Å². The molecule has 0 aliphatic heterocycles. The zero-order chi connectivity index (χ0) is 12.5. The minimum Gasteiger partial charge on any atom is -0.298 e. The Kier molecular flexibility index (Phi) is 3.09. The summed E-state index contributed by atoms with van der Waals surface area (Å²) in [5.74, 6) is 3.11. The molecule has 0 N–H and O–H groups in total. The number of carbonyl (C=O) groups excluding carboxylic acids is 1. The van der Waals surface area contributed by atoms with E-state index in [1.165, 1.54) is 11.5 Å². The summed E-state index contributed by atoms with van der Waals surface area (Å²) in [6, 6.07) is 0. The van der Waals surface area contributed by atoms with Crippen molar-refractivity contribution < 1.29 is 4.79 Å². The van der Waals surface area contributed by atoms with Crippen LogP contribution in [0.2, 0.25) is 19.6 Å². The van der Waals surface area contributed by atoms with Crippen LogP contribution in [0.25, 0.3) is 10.1 Å². The molecule has 2 heterocycles. The van der Waals surface area contributed by atoms with E-state index in [-0.39, 0.29) is 0 Å². The Hall–Kier alpha value is -1.51. The second-order valence-corrected chi connectivity index (χ2v) is 10.3. The lowest BCUT2D eigenvalue weighted by Gasteiger charge is -2.02. The van der Waals surface area contributed by atoms with Gasteiger partial charge in [-0.15, -0.1) is 5.54 Å². The minimum atomic E-state index is -1.43. The van der Waals surface area contributed by atoms with E-state index in [1.807, 2.05) is 0 Å². The van der Waals surface area contributed by atoms with E-state index in [0.717, 1.165) is 16.4 Å². The lowest BCUT2D eigenvalue weighted by atomic mass is 10.2. The van der Waals surface area contributed by atoms with Crippen molar-refractivity contribution in [2.75, 3.05) is 0 Å². The summed E-state index contributed by atoms with van der Waals surface area (Å²) in [4.78, 5) is 15.0. The van der Waals surface area contributed by atoms with Crippen molar-refractivity contribution in [1.29, 1.82) is 0 Å². The largest absolute Gasteiger partial charge is 0.298 e. The molecule has 0 radical (unpaired) electrons. The number of fused-ring (bicyclic) bond motifs is 1. The third kappa shape index (κ3) is 2.60. The van der Waals surface area contributed by atoms with Gasteiger partial charge < -0.3 is 0 Å². The third-order valence-corrected chi connectivity index (χ3v) is 3.75. The fraction of sp³-hybridized carbons (Fsp3) is 0.250. The molecule has 0 spiro atoms. The molecule has 0 saturated heterocycles. The maximum atomic E-state index is 11.0. The van der Waals surface area contributed by atoms with Crippen molar-refractivity contribution in [3.05, 3.63) is 23.7 Å². The second-order valence-electron chi connectivity index (χ2n) is 4.75. The number of hydrogen-bond donors (Lipinski definition) is 0. The lowest BCUT2D eigenvalue weighted by Crippen LogP contribution is -2.16. The fourth-order valence-electron chi connectivity index (χ4n) is 1.34. The van der Waals surface area contributed by atoms with Gasteiger partial charge in [-0.1, -0.05) is 25.6 Å². The van der Waals surface area contributed by atoms with E-state index in [1.54, 1.807) is 12.4 Å². The van der Waals surface area contributed by atoms with Crippen molar-refractivity contribution in [1.82, 2.24) is 9.36 Å². The Balaban J connectivity index is 2.62. The van der Waals surface area contributed by atoms with Gasteiger partial charge in [0.2, 0.25) is 0 Å². The number of pyridine rings is 1. The first-order valence-corrected chi connectivity index (χ1v) is 9.50. The van der Waals surface area contributed by atoms with Crippen LogP contribution in [0.15, 0.2) is 12.4 Å². The van der Waals surface area contributed by atoms with Gasteiger partial charge in [0.05, 0.1) is 4.70 Å². The van der Waals surface area contributed by atoms with Crippen LogP contribution in [0.5, 0.6) is 0 Å². The van der Waals surface area contributed by atoms with Crippen LogP contribution in [0.3, 0.4) is 0 Å². The summed E-state index contributed by atoms with van der Waals surface area (Å²) in [7, 11) is -1.43. The van der Waals surface area contributed by atoms with Gasteiger partial charge in [0.15, 0.2) is 6.29 Å². The molecular formula is C12H12N2OSSi. The smallest absolute Gasteiger partial charge is 0.152 e. The van der Waals surface area contributed by atoms with Gasteiger partial charge in [-0.25, -0.2) is 0 Å². The van der Waals surface area contributed by atoms with E-state index in [2.05, 4.69) is 40.5 Å². The Morgan fingerprint density at radius 2 is 2.12 bits per heavy atom. The van der Waals surface area contributed by atoms with Gasteiger partial charge in [-0.2, -0.15) is 4.37 Å². The highest BCUT2D eigenvalue weighted by molar-refractivity contribution is 7.13. The summed E-state index contributed by atoms with van der Waals surface area (Å²) in [5.41, 5.74) is 4.54. The number of rotatable bonds is 1. The van der Waals surface area contributed by atoms with Gasteiger partial charge in [0.1, 0.15) is 13.8 Å². The average Bonchev–Trinajstić information content (AvgIpc) is 2.68. The zero-order valence-electron chi connectivity index (χ0n) is 9.94. The molecule has 0 unspecified atom stereocenters. The van der Waals surface area contributed by atoms with Crippen molar-refractivity contribution in [2.45, 2.75) is 19.6 Å². The molecule has 2 aromatic rings. The second kappa shape index (κ2) is 4.39. The molecule has 2 rings (SSSR count). The summed E-state index contributed by atoms with van der Waals surface area (Å²) < 4.78 is 5.21. The Morgan fingerprint density at radius 1 is 1.35 bits per heavy atom. The van der Waals surface area contributed by atoms with Gasteiger partial charge in [0, 0.05) is 23.3 Å².